The number of aromatic nitrogens is 2. The van der Waals surface area contributed by atoms with Gasteiger partial charge in [-0.1, -0.05) is 36.4 Å². The van der Waals surface area contributed by atoms with E-state index in [0.717, 1.165) is 22.2 Å². The van der Waals surface area contributed by atoms with E-state index in [2.05, 4.69) is 20.3 Å². The summed E-state index contributed by atoms with van der Waals surface area (Å²) in [5, 5.41) is 9.78. The summed E-state index contributed by atoms with van der Waals surface area (Å²) in [5.74, 6) is -0.740. The van der Waals surface area contributed by atoms with Crippen molar-refractivity contribution in [2.24, 2.45) is 0 Å². The van der Waals surface area contributed by atoms with Gasteiger partial charge in [-0.05, 0) is 45.8 Å². The molecule has 0 atom stereocenters. The molecule has 8 nitrogen and oxygen atoms in total. The number of carbonyl (C=O) groups excluding carboxylic acids is 3. The summed E-state index contributed by atoms with van der Waals surface area (Å²) < 4.78 is 4.66. The molecule has 1 N–H and O–H groups in total. The summed E-state index contributed by atoms with van der Waals surface area (Å²) in [6.07, 6.45) is 1.64. The third-order valence-electron chi connectivity index (χ3n) is 4.09. The molecule has 3 amide bonds. The largest absolute Gasteiger partial charge is 0.324 e. The van der Waals surface area contributed by atoms with Gasteiger partial charge in [0.2, 0.25) is 5.91 Å². The minimum atomic E-state index is -0.394. The number of imide groups is 1. The van der Waals surface area contributed by atoms with Crippen LogP contribution in [0.4, 0.5) is 10.5 Å². The van der Waals surface area contributed by atoms with Crippen LogP contribution in [0, 0.1) is 0 Å². The maximum Gasteiger partial charge on any atom is 0.293 e. The first-order chi connectivity index (χ1) is 13.6. The van der Waals surface area contributed by atoms with Crippen LogP contribution < -0.4 is 5.32 Å². The van der Waals surface area contributed by atoms with Crippen LogP contribution >= 0.6 is 11.8 Å². The van der Waals surface area contributed by atoms with Gasteiger partial charge >= 0.3 is 0 Å². The van der Waals surface area contributed by atoms with Crippen LogP contribution in [0.2, 0.25) is 0 Å². The van der Waals surface area contributed by atoms with E-state index in [0.29, 0.717) is 21.6 Å². The number of fused-ring (bicyclic) bond motifs is 1. The molecule has 1 fully saturated rings. The first-order valence-electron chi connectivity index (χ1n) is 8.43. The summed E-state index contributed by atoms with van der Waals surface area (Å²) in [5.41, 5.74) is 2.25. The van der Waals surface area contributed by atoms with Gasteiger partial charge in [-0.15, -0.1) is 0 Å². The van der Waals surface area contributed by atoms with Crippen LogP contribution in [0.25, 0.3) is 17.1 Å². The summed E-state index contributed by atoms with van der Waals surface area (Å²) >= 11 is 0.871. The van der Waals surface area contributed by atoms with Gasteiger partial charge in [0.25, 0.3) is 11.1 Å². The zero-order valence-corrected chi connectivity index (χ0v) is 15.3. The number of carbonyl (C=O) groups is 3. The lowest BCUT2D eigenvalue weighted by Gasteiger charge is -2.12. The molecule has 1 aliphatic heterocycles. The normalized spacial score (nSPS) is 15.6. The number of anilines is 1. The summed E-state index contributed by atoms with van der Waals surface area (Å²) in [6, 6.07) is 14.4. The van der Waals surface area contributed by atoms with Crippen LogP contribution in [0.5, 0.6) is 0 Å². The van der Waals surface area contributed by atoms with Crippen LogP contribution in [0.3, 0.4) is 0 Å². The van der Waals surface area contributed by atoms with Crippen molar-refractivity contribution < 1.29 is 19.0 Å². The molecule has 9 heteroatoms. The standard InChI is InChI=1S/C19H14N4O4S/c24-16(20-13-7-4-8-14-17(13)22-27-21-14)9-10-23-18(25)15(28-19(23)26)11-12-5-2-1-3-6-12/h1-8,11H,9-10H2,(H,20,24)/b15-11-. The molecule has 140 valence electrons. The molecule has 0 bridgehead atoms. The summed E-state index contributed by atoms with van der Waals surface area (Å²) in [4.78, 5) is 38.3. The predicted octanol–water partition coefficient (Wildman–Crippen LogP) is 3.29. The topological polar surface area (TPSA) is 105 Å². The van der Waals surface area contributed by atoms with E-state index < -0.39 is 5.91 Å². The van der Waals surface area contributed by atoms with Crippen LogP contribution in [-0.2, 0) is 9.59 Å². The Bertz CT molecular complexity index is 1090. The Labute approximate surface area is 163 Å². The Morgan fingerprint density at radius 2 is 1.93 bits per heavy atom. The van der Waals surface area contributed by atoms with Gasteiger partial charge in [0.15, 0.2) is 5.52 Å². The quantitative estimate of drug-likeness (QED) is 0.662. The molecule has 4 rings (SSSR count). The van der Waals surface area contributed by atoms with E-state index in [1.54, 1.807) is 24.3 Å². The first kappa shape index (κ1) is 17.9. The SMILES string of the molecule is O=C(CCN1C(=O)S/C(=C\c2ccccc2)C1=O)Nc1cccc2nonc12. The van der Waals surface area contributed by atoms with E-state index in [1.807, 2.05) is 30.3 Å². The van der Waals surface area contributed by atoms with Gasteiger partial charge in [0.05, 0.1) is 10.6 Å². The number of nitrogens with zero attached hydrogens (tertiary/aromatic N) is 3. The second-order valence-corrected chi connectivity index (χ2v) is 6.97. The van der Waals surface area contributed by atoms with Crippen LogP contribution in [-0.4, -0.2) is 38.8 Å². The third kappa shape index (κ3) is 3.65. The van der Waals surface area contributed by atoms with E-state index in [9.17, 15) is 14.4 Å². The molecule has 1 saturated heterocycles. The van der Waals surface area contributed by atoms with Crippen molar-refractivity contribution in [2.45, 2.75) is 6.42 Å². The van der Waals surface area contributed by atoms with E-state index in [4.69, 9.17) is 0 Å². The second kappa shape index (κ2) is 7.65. The van der Waals surface area contributed by atoms with Crippen molar-refractivity contribution in [3.8, 4) is 0 Å². The van der Waals surface area contributed by atoms with Crippen LogP contribution in [0.1, 0.15) is 12.0 Å². The van der Waals surface area contributed by atoms with Gasteiger partial charge in [-0.25, -0.2) is 4.63 Å². The van der Waals surface area contributed by atoms with Crippen molar-refractivity contribution in [2.75, 3.05) is 11.9 Å². The smallest absolute Gasteiger partial charge is 0.293 e. The molecular formula is C19H14N4O4S. The van der Waals surface area contributed by atoms with Gasteiger partial charge < -0.3 is 5.32 Å². The Morgan fingerprint density at radius 1 is 1.11 bits per heavy atom. The highest BCUT2D eigenvalue weighted by atomic mass is 32.2. The Morgan fingerprint density at radius 3 is 2.75 bits per heavy atom. The lowest BCUT2D eigenvalue weighted by Crippen LogP contribution is -2.31. The van der Waals surface area contributed by atoms with Gasteiger partial charge in [0, 0.05) is 13.0 Å². The summed E-state index contributed by atoms with van der Waals surface area (Å²) in [6.45, 7) is -0.00429. The van der Waals surface area contributed by atoms with Crippen molar-refractivity contribution in [3.63, 3.8) is 0 Å². The number of amides is 3. The van der Waals surface area contributed by atoms with Crippen molar-refractivity contribution in [3.05, 3.63) is 59.0 Å². The monoisotopic (exact) mass is 394 g/mol. The molecule has 2 aromatic carbocycles. The number of rotatable bonds is 5. The maximum absolute atomic E-state index is 12.5. The molecule has 1 aromatic heterocycles. The Kier molecular flexibility index (Phi) is 4.90. The molecule has 0 aliphatic carbocycles. The Hall–Kier alpha value is -3.46. The fourth-order valence-electron chi connectivity index (χ4n) is 2.73. The van der Waals surface area contributed by atoms with E-state index in [-0.39, 0.29) is 24.1 Å². The van der Waals surface area contributed by atoms with Gasteiger partial charge in [-0.3, -0.25) is 19.3 Å². The van der Waals surface area contributed by atoms with Gasteiger partial charge in [0.1, 0.15) is 5.52 Å². The first-order valence-corrected chi connectivity index (χ1v) is 9.25. The average Bonchev–Trinajstić information content (AvgIpc) is 3.27. The van der Waals surface area contributed by atoms with Crippen molar-refractivity contribution in [1.82, 2.24) is 15.2 Å². The minimum Gasteiger partial charge on any atom is -0.324 e. The molecule has 0 unspecified atom stereocenters. The fraction of sp³-hybridized carbons (Fsp3) is 0.105. The van der Waals surface area contributed by atoms with Crippen molar-refractivity contribution >= 4 is 51.6 Å². The Balaban J connectivity index is 1.40. The average molecular weight is 394 g/mol. The highest BCUT2D eigenvalue weighted by molar-refractivity contribution is 8.18. The third-order valence-corrected chi connectivity index (χ3v) is 5.00. The number of hydrogen-bond donors (Lipinski definition) is 1. The second-order valence-electron chi connectivity index (χ2n) is 5.98. The number of hydrogen-bond acceptors (Lipinski definition) is 7. The summed E-state index contributed by atoms with van der Waals surface area (Å²) in [7, 11) is 0. The molecule has 2 heterocycles. The fourth-order valence-corrected chi connectivity index (χ4v) is 3.59. The van der Waals surface area contributed by atoms with Crippen molar-refractivity contribution in [1.29, 1.82) is 0 Å². The highest BCUT2D eigenvalue weighted by Gasteiger charge is 2.35. The molecule has 0 saturated carbocycles. The van der Waals surface area contributed by atoms with Crippen LogP contribution in [0.15, 0.2) is 58.1 Å². The van der Waals surface area contributed by atoms with Gasteiger partial charge in [-0.2, -0.15) is 0 Å². The number of thioether (sulfide) groups is 1. The predicted molar refractivity (Wildman–Crippen MR) is 104 cm³/mol. The maximum atomic E-state index is 12.5. The van der Waals surface area contributed by atoms with E-state index >= 15 is 0 Å². The number of nitrogens with one attached hydrogen (secondary N) is 1. The molecule has 0 radical (unpaired) electrons. The zero-order chi connectivity index (χ0) is 19.5. The molecule has 0 spiro atoms. The number of benzene rings is 2. The lowest BCUT2D eigenvalue weighted by molar-refractivity contribution is -0.123. The zero-order valence-electron chi connectivity index (χ0n) is 14.5. The minimum absolute atomic E-state index is 0.00429. The molecule has 3 aromatic rings. The highest BCUT2D eigenvalue weighted by Crippen LogP contribution is 2.32. The molecule has 1 aliphatic rings. The lowest BCUT2D eigenvalue weighted by atomic mass is 10.2. The molecular weight excluding hydrogens is 380 g/mol. The molecule has 28 heavy (non-hydrogen) atoms. The van der Waals surface area contributed by atoms with E-state index in [1.165, 1.54) is 0 Å².